The van der Waals surface area contributed by atoms with E-state index in [4.69, 9.17) is 4.42 Å². The van der Waals surface area contributed by atoms with Gasteiger partial charge in [0.2, 0.25) is 5.91 Å². The third kappa shape index (κ3) is 5.52. The summed E-state index contributed by atoms with van der Waals surface area (Å²) in [6, 6.07) is 14.7. The van der Waals surface area contributed by atoms with E-state index in [0.717, 1.165) is 16.8 Å². The monoisotopic (exact) mass is 479 g/mol. The molecule has 0 fully saturated rings. The second-order valence-electron chi connectivity index (χ2n) is 7.53. The molecule has 2 aromatic carbocycles. The van der Waals surface area contributed by atoms with Gasteiger partial charge in [-0.15, -0.1) is 10.2 Å². The van der Waals surface area contributed by atoms with Gasteiger partial charge in [0.1, 0.15) is 5.82 Å². The molecule has 0 radical (unpaired) electrons. The first-order valence-electron chi connectivity index (χ1n) is 10.4. The number of furan rings is 1. The fourth-order valence-electron chi connectivity index (χ4n) is 3.32. The van der Waals surface area contributed by atoms with Crippen LogP contribution in [0.15, 0.2) is 70.4 Å². The second kappa shape index (κ2) is 10.3. The molecule has 10 heteroatoms. The molecule has 0 spiro atoms. The van der Waals surface area contributed by atoms with E-state index in [2.05, 4.69) is 20.8 Å². The zero-order valence-corrected chi connectivity index (χ0v) is 19.4. The van der Waals surface area contributed by atoms with E-state index >= 15 is 0 Å². The molecular weight excluding hydrogens is 457 g/mol. The second-order valence-corrected chi connectivity index (χ2v) is 8.47. The molecule has 174 valence electrons. The molecule has 2 heterocycles. The van der Waals surface area contributed by atoms with Crippen LogP contribution in [0.4, 0.5) is 10.1 Å². The van der Waals surface area contributed by atoms with Gasteiger partial charge in [-0.05, 0) is 61.9 Å². The standard InChI is InChI=1S/C24H22FN5O3S/c1-15-5-10-19(16(2)12-15)30-21(13-26-23(32)20-4-3-11-33-20)28-29-24(30)34-14-22(31)27-18-8-6-17(25)7-9-18/h3-12H,13-14H2,1-2H3,(H,26,32)(H,27,31). The Morgan fingerprint density at radius 3 is 2.59 bits per heavy atom. The predicted molar refractivity (Wildman–Crippen MR) is 126 cm³/mol. The third-order valence-corrected chi connectivity index (χ3v) is 5.83. The molecule has 0 bridgehead atoms. The molecule has 0 aliphatic rings. The van der Waals surface area contributed by atoms with Gasteiger partial charge < -0.3 is 15.1 Å². The van der Waals surface area contributed by atoms with Crippen LogP contribution in [-0.4, -0.2) is 32.3 Å². The van der Waals surface area contributed by atoms with E-state index < -0.39 is 0 Å². The van der Waals surface area contributed by atoms with Crippen LogP contribution in [0.25, 0.3) is 5.69 Å². The lowest BCUT2D eigenvalue weighted by Gasteiger charge is -2.14. The highest BCUT2D eigenvalue weighted by atomic mass is 32.2. The van der Waals surface area contributed by atoms with E-state index in [1.807, 2.05) is 36.6 Å². The number of benzene rings is 2. The molecule has 4 rings (SSSR count). The van der Waals surface area contributed by atoms with Crippen LogP contribution in [0.1, 0.15) is 27.5 Å². The minimum absolute atomic E-state index is 0.0686. The fourth-order valence-corrected chi connectivity index (χ4v) is 4.08. The van der Waals surface area contributed by atoms with Crippen LogP contribution in [0.3, 0.4) is 0 Å². The Morgan fingerprint density at radius 1 is 1.09 bits per heavy atom. The van der Waals surface area contributed by atoms with Crippen LogP contribution >= 0.6 is 11.8 Å². The van der Waals surface area contributed by atoms with Gasteiger partial charge in [-0.2, -0.15) is 0 Å². The number of aryl methyl sites for hydroxylation is 2. The molecule has 0 aliphatic heterocycles. The number of anilines is 1. The zero-order valence-electron chi connectivity index (χ0n) is 18.5. The van der Waals surface area contributed by atoms with E-state index in [9.17, 15) is 14.0 Å². The minimum Gasteiger partial charge on any atom is -0.459 e. The number of carbonyl (C=O) groups is 2. The number of nitrogens with one attached hydrogen (secondary N) is 2. The van der Waals surface area contributed by atoms with E-state index in [1.54, 1.807) is 12.1 Å². The van der Waals surface area contributed by atoms with E-state index in [0.29, 0.717) is 16.7 Å². The van der Waals surface area contributed by atoms with Crippen molar-refractivity contribution in [2.45, 2.75) is 25.5 Å². The van der Waals surface area contributed by atoms with Crippen molar-refractivity contribution in [1.82, 2.24) is 20.1 Å². The van der Waals surface area contributed by atoms with Crippen LogP contribution in [0.5, 0.6) is 0 Å². The summed E-state index contributed by atoms with van der Waals surface area (Å²) in [5.74, 6) is -0.231. The Hall–Kier alpha value is -3.92. The molecule has 0 saturated heterocycles. The largest absolute Gasteiger partial charge is 0.459 e. The van der Waals surface area contributed by atoms with E-state index in [1.165, 1.54) is 42.3 Å². The normalized spacial score (nSPS) is 10.8. The number of carbonyl (C=O) groups excluding carboxylic acids is 2. The summed E-state index contributed by atoms with van der Waals surface area (Å²) < 4.78 is 20.0. The summed E-state index contributed by atoms with van der Waals surface area (Å²) in [5, 5.41) is 14.5. The number of rotatable bonds is 8. The summed E-state index contributed by atoms with van der Waals surface area (Å²) in [6.45, 7) is 4.09. The summed E-state index contributed by atoms with van der Waals surface area (Å²) in [5.41, 5.74) is 3.45. The maximum absolute atomic E-state index is 13.1. The molecule has 0 saturated carbocycles. The van der Waals surface area contributed by atoms with Crippen LogP contribution in [-0.2, 0) is 11.3 Å². The lowest BCUT2D eigenvalue weighted by atomic mass is 10.1. The van der Waals surface area contributed by atoms with Gasteiger partial charge in [0.25, 0.3) is 5.91 Å². The molecule has 2 N–H and O–H groups in total. The minimum atomic E-state index is -0.374. The van der Waals surface area contributed by atoms with Crippen LogP contribution < -0.4 is 10.6 Å². The Morgan fingerprint density at radius 2 is 1.88 bits per heavy atom. The lowest BCUT2D eigenvalue weighted by molar-refractivity contribution is -0.113. The van der Waals surface area contributed by atoms with Crippen molar-refractivity contribution < 1.29 is 18.4 Å². The predicted octanol–water partition coefficient (Wildman–Crippen LogP) is 4.28. The highest BCUT2D eigenvalue weighted by Crippen LogP contribution is 2.25. The Kier molecular flexibility index (Phi) is 7.07. The average molecular weight is 480 g/mol. The van der Waals surface area contributed by atoms with Gasteiger partial charge in [-0.25, -0.2) is 4.39 Å². The van der Waals surface area contributed by atoms with Gasteiger partial charge in [0, 0.05) is 5.69 Å². The molecule has 2 aromatic heterocycles. The highest BCUT2D eigenvalue weighted by molar-refractivity contribution is 7.99. The molecule has 4 aromatic rings. The summed E-state index contributed by atoms with van der Waals surface area (Å²) in [6.07, 6.45) is 1.43. The fraction of sp³-hybridized carbons (Fsp3) is 0.167. The number of hydrogen-bond acceptors (Lipinski definition) is 6. The number of thioether (sulfide) groups is 1. The number of hydrogen-bond donors (Lipinski definition) is 2. The van der Waals surface area contributed by atoms with Crippen molar-refractivity contribution in [3.05, 3.63) is 89.4 Å². The number of amides is 2. The van der Waals surface area contributed by atoms with Crippen molar-refractivity contribution in [1.29, 1.82) is 0 Å². The summed E-state index contributed by atoms with van der Waals surface area (Å²) in [4.78, 5) is 24.7. The highest BCUT2D eigenvalue weighted by Gasteiger charge is 2.19. The molecule has 2 amide bonds. The van der Waals surface area contributed by atoms with Gasteiger partial charge in [0.05, 0.1) is 24.2 Å². The van der Waals surface area contributed by atoms with Gasteiger partial charge in [0.15, 0.2) is 16.7 Å². The molecule has 0 unspecified atom stereocenters. The topological polar surface area (TPSA) is 102 Å². The zero-order chi connectivity index (χ0) is 24.1. The molecule has 0 atom stereocenters. The smallest absolute Gasteiger partial charge is 0.287 e. The Balaban J connectivity index is 1.53. The van der Waals surface area contributed by atoms with E-state index in [-0.39, 0.29) is 35.7 Å². The molecular formula is C24H22FN5O3S. The van der Waals surface area contributed by atoms with Crippen LogP contribution in [0, 0.1) is 19.7 Å². The molecule has 8 nitrogen and oxygen atoms in total. The number of aromatic nitrogens is 3. The Labute approximate surface area is 199 Å². The van der Waals surface area contributed by atoms with Gasteiger partial charge in [-0.1, -0.05) is 29.5 Å². The number of nitrogens with zero attached hydrogens (tertiary/aromatic N) is 3. The van der Waals surface area contributed by atoms with Crippen molar-refractivity contribution in [3.8, 4) is 5.69 Å². The molecule has 34 heavy (non-hydrogen) atoms. The van der Waals surface area contributed by atoms with Crippen molar-refractivity contribution in [3.63, 3.8) is 0 Å². The van der Waals surface area contributed by atoms with Crippen molar-refractivity contribution >= 4 is 29.3 Å². The maximum atomic E-state index is 13.1. The van der Waals surface area contributed by atoms with Crippen LogP contribution in [0.2, 0.25) is 0 Å². The van der Waals surface area contributed by atoms with Crippen molar-refractivity contribution in [2.75, 3.05) is 11.1 Å². The summed E-state index contributed by atoms with van der Waals surface area (Å²) in [7, 11) is 0. The number of halogens is 1. The summed E-state index contributed by atoms with van der Waals surface area (Å²) >= 11 is 1.21. The first-order chi connectivity index (χ1) is 16.4. The maximum Gasteiger partial charge on any atom is 0.287 e. The molecule has 0 aliphatic carbocycles. The first-order valence-corrected chi connectivity index (χ1v) is 11.4. The van der Waals surface area contributed by atoms with Crippen molar-refractivity contribution in [2.24, 2.45) is 0 Å². The Bertz CT molecular complexity index is 1300. The first kappa shape index (κ1) is 23.2. The third-order valence-electron chi connectivity index (χ3n) is 4.91. The SMILES string of the molecule is Cc1ccc(-n2c(CNC(=O)c3ccco3)nnc2SCC(=O)Nc2ccc(F)cc2)c(C)c1. The lowest BCUT2D eigenvalue weighted by Crippen LogP contribution is -2.24. The quantitative estimate of drug-likeness (QED) is 0.366. The van der Waals surface area contributed by atoms with Gasteiger partial charge >= 0.3 is 0 Å². The average Bonchev–Trinajstić information content (AvgIpc) is 3.48. The van der Waals surface area contributed by atoms with Gasteiger partial charge in [-0.3, -0.25) is 14.2 Å².